The highest BCUT2D eigenvalue weighted by Gasteiger charge is 2.22. The summed E-state index contributed by atoms with van der Waals surface area (Å²) < 4.78 is 5.00. The lowest BCUT2D eigenvalue weighted by Gasteiger charge is -2.23. The molecule has 1 fully saturated rings. The van der Waals surface area contributed by atoms with E-state index >= 15 is 0 Å². The van der Waals surface area contributed by atoms with E-state index in [4.69, 9.17) is 4.74 Å². The second-order valence-corrected chi connectivity index (χ2v) is 6.25. The van der Waals surface area contributed by atoms with Gasteiger partial charge in [0.15, 0.2) is 0 Å². The van der Waals surface area contributed by atoms with E-state index in [-0.39, 0.29) is 0 Å². The average molecular weight is 269 g/mol. The number of hydrogen-bond acceptors (Lipinski definition) is 5. The summed E-state index contributed by atoms with van der Waals surface area (Å²) in [7, 11) is 1.72. The molecule has 0 spiro atoms. The molecule has 102 valence electrons. The summed E-state index contributed by atoms with van der Waals surface area (Å²) in [6, 6.07) is 0. The van der Waals surface area contributed by atoms with Crippen molar-refractivity contribution in [2.24, 2.45) is 5.92 Å². The van der Waals surface area contributed by atoms with E-state index in [1.807, 2.05) is 0 Å². The first-order chi connectivity index (χ1) is 8.79. The Labute approximate surface area is 113 Å². The van der Waals surface area contributed by atoms with Gasteiger partial charge in [-0.05, 0) is 18.8 Å². The molecule has 0 bridgehead atoms. The summed E-state index contributed by atoms with van der Waals surface area (Å²) >= 11 is 1.77. The summed E-state index contributed by atoms with van der Waals surface area (Å²) in [5.41, 5.74) is 0. The molecule has 1 saturated carbocycles. The molecule has 1 aliphatic rings. The summed E-state index contributed by atoms with van der Waals surface area (Å²) in [6.45, 7) is 4.77. The lowest BCUT2D eigenvalue weighted by atomic mass is 9.83. The minimum atomic E-state index is 0.659. The van der Waals surface area contributed by atoms with E-state index < -0.39 is 0 Å². The molecular formula is C13H23N3OS. The number of hydrogen-bond donors (Lipinski definition) is 1. The zero-order valence-electron chi connectivity index (χ0n) is 11.3. The van der Waals surface area contributed by atoms with E-state index in [2.05, 4.69) is 22.4 Å². The van der Waals surface area contributed by atoms with E-state index in [1.54, 1.807) is 18.4 Å². The van der Waals surface area contributed by atoms with Crippen LogP contribution in [-0.4, -0.2) is 30.5 Å². The Morgan fingerprint density at radius 1 is 1.28 bits per heavy atom. The van der Waals surface area contributed by atoms with Gasteiger partial charge in [-0.15, -0.1) is 10.2 Å². The molecule has 1 aromatic heterocycles. The fourth-order valence-electron chi connectivity index (χ4n) is 2.38. The van der Waals surface area contributed by atoms with Gasteiger partial charge in [0.1, 0.15) is 10.0 Å². The van der Waals surface area contributed by atoms with Crippen LogP contribution >= 0.6 is 11.3 Å². The predicted octanol–water partition coefficient (Wildman–Crippen LogP) is 2.57. The molecule has 0 saturated heterocycles. The molecule has 1 aliphatic carbocycles. The standard InChI is InChI=1S/C13H23N3OS/c1-10-3-5-11(6-4-10)13-16-15-12(18-13)9-14-7-8-17-2/h10-11,14H,3-9H2,1-2H3. The van der Waals surface area contributed by atoms with Crippen LogP contribution in [-0.2, 0) is 11.3 Å². The maximum atomic E-state index is 5.00. The van der Waals surface area contributed by atoms with Crippen LogP contribution in [0.15, 0.2) is 0 Å². The topological polar surface area (TPSA) is 47.0 Å². The second-order valence-electron chi connectivity index (χ2n) is 5.16. The molecule has 0 aromatic carbocycles. The number of aromatic nitrogens is 2. The molecule has 2 rings (SSSR count). The first kappa shape index (κ1) is 13.9. The van der Waals surface area contributed by atoms with Crippen molar-refractivity contribution in [3.63, 3.8) is 0 Å². The number of nitrogens with one attached hydrogen (secondary N) is 1. The van der Waals surface area contributed by atoms with Gasteiger partial charge >= 0.3 is 0 Å². The molecule has 5 heteroatoms. The SMILES string of the molecule is COCCNCc1nnc(C2CCC(C)CC2)s1. The first-order valence-corrected chi connectivity index (χ1v) is 7.63. The van der Waals surface area contributed by atoms with E-state index in [0.717, 1.165) is 30.6 Å². The van der Waals surface area contributed by atoms with Crippen molar-refractivity contribution < 1.29 is 4.74 Å². The van der Waals surface area contributed by atoms with Crippen LogP contribution in [0, 0.1) is 5.92 Å². The highest BCUT2D eigenvalue weighted by atomic mass is 32.1. The van der Waals surface area contributed by atoms with E-state index in [1.165, 1.54) is 30.7 Å². The fourth-order valence-corrected chi connectivity index (χ4v) is 3.36. The van der Waals surface area contributed by atoms with Crippen molar-refractivity contribution in [3.05, 3.63) is 10.0 Å². The molecule has 18 heavy (non-hydrogen) atoms. The maximum Gasteiger partial charge on any atom is 0.131 e. The zero-order chi connectivity index (χ0) is 12.8. The number of methoxy groups -OCH3 is 1. The third-order valence-electron chi connectivity index (χ3n) is 3.61. The van der Waals surface area contributed by atoms with Crippen molar-refractivity contribution in [1.29, 1.82) is 0 Å². The van der Waals surface area contributed by atoms with Crippen molar-refractivity contribution in [1.82, 2.24) is 15.5 Å². The lowest BCUT2D eigenvalue weighted by Crippen LogP contribution is -2.18. The third kappa shape index (κ3) is 4.00. The van der Waals surface area contributed by atoms with Gasteiger partial charge in [-0.1, -0.05) is 31.1 Å². The van der Waals surface area contributed by atoms with Gasteiger partial charge in [0.05, 0.1) is 6.61 Å². The van der Waals surface area contributed by atoms with Crippen LogP contribution in [0.4, 0.5) is 0 Å². The van der Waals surface area contributed by atoms with E-state index in [0.29, 0.717) is 5.92 Å². The summed E-state index contributed by atoms with van der Waals surface area (Å²) in [6.07, 6.45) is 5.25. The molecular weight excluding hydrogens is 246 g/mol. The van der Waals surface area contributed by atoms with Gasteiger partial charge in [-0.25, -0.2) is 0 Å². The molecule has 4 nitrogen and oxygen atoms in total. The van der Waals surface area contributed by atoms with Gasteiger partial charge in [0.2, 0.25) is 0 Å². The molecule has 0 unspecified atom stereocenters. The summed E-state index contributed by atoms with van der Waals surface area (Å²) in [5, 5.41) is 14.3. The van der Waals surface area contributed by atoms with Gasteiger partial charge in [0.25, 0.3) is 0 Å². The quantitative estimate of drug-likeness (QED) is 0.806. The van der Waals surface area contributed by atoms with Gasteiger partial charge in [0, 0.05) is 26.1 Å². The van der Waals surface area contributed by atoms with Crippen LogP contribution in [0.5, 0.6) is 0 Å². The highest BCUT2D eigenvalue weighted by Crippen LogP contribution is 2.36. The molecule has 1 heterocycles. The molecule has 0 amide bonds. The molecule has 1 aromatic rings. The second kappa shape index (κ2) is 7.16. The Morgan fingerprint density at radius 2 is 2.06 bits per heavy atom. The number of ether oxygens (including phenoxy) is 1. The Morgan fingerprint density at radius 3 is 2.78 bits per heavy atom. The van der Waals surface area contributed by atoms with Crippen molar-refractivity contribution in [3.8, 4) is 0 Å². The van der Waals surface area contributed by atoms with Crippen LogP contribution in [0.3, 0.4) is 0 Å². The highest BCUT2D eigenvalue weighted by molar-refractivity contribution is 7.11. The zero-order valence-corrected chi connectivity index (χ0v) is 12.1. The van der Waals surface area contributed by atoms with Crippen molar-refractivity contribution in [2.45, 2.75) is 45.1 Å². The van der Waals surface area contributed by atoms with Gasteiger partial charge < -0.3 is 10.1 Å². The normalized spacial score (nSPS) is 24.3. The minimum absolute atomic E-state index is 0.659. The smallest absolute Gasteiger partial charge is 0.131 e. The molecule has 1 N–H and O–H groups in total. The van der Waals surface area contributed by atoms with E-state index in [9.17, 15) is 0 Å². The Balaban J connectivity index is 1.78. The number of rotatable bonds is 6. The van der Waals surface area contributed by atoms with Crippen LogP contribution in [0.1, 0.15) is 48.5 Å². The summed E-state index contributed by atoms with van der Waals surface area (Å²) in [4.78, 5) is 0. The molecule has 0 aliphatic heterocycles. The Bertz CT molecular complexity index is 348. The van der Waals surface area contributed by atoms with Crippen LogP contribution in [0.2, 0.25) is 0 Å². The average Bonchev–Trinajstić information content (AvgIpc) is 2.84. The number of nitrogens with zero attached hydrogens (tertiary/aromatic N) is 2. The monoisotopic (exact) mass is 269 g/mol. The predicted molar refractivity (Wildman–Crippen MR) is 73.9 cm³/mol. The molecule has 0 atom stereocenters. The largest absolute Gasteiger partial charge is 0.383 e. The van der Waals surface area contributed by atoms with Gasteiger partial charge in [-0.3, -0.25) is 0 Å². The van der Waals surface area contributed by atoms with Gasteiger partial charge in [-0.2, -0.15) is 0 Å². The summed E-state index contributed by atoms with van der Waals surface area (Å²) in [5.74, 6) is 1.55. The van der Waals surface area contributed by atoms with Crippen molar-refractivity contribution >= 4 is 11.3 Å². The fraction of sp³-hybridized carbons (Fsp3) is 0.846. The lowest BCUT2D eigenvalue weighted by molar-refractivity contribution is 0.199. The third-order valence-corrected chi connectivity index (χ3v) is 4.69. The minimum Gasteiger partial charge on any atom is -0.383 e. The molecule has 0 radical (unpaired) electrons. The Hall–Kier alpha value is -0.520. The first-order valence-electron chi connectivity index (χ1n) is 6.81. The van der Waals surface area contributed by atoms with Crippen LogP contribution in [0.25, 0.3) is 0 Å². The van der Waals surface area contributed by atoms with Crippen LogP contribution < -0.4 is 5.32 Å². The van der Waals surface area contributed by atoms with Crippen molar-refractivity contribution in [2.75, 3.05) is 20.3 Å². The maximum absolute atomic E-state index is 5.00. The Kier molecular flexibility index (Phi) is 5.53.